The molecule has 0 unspecified atom stereocenters. The molecular formula is C23H34N4O3S. The van der Waals surface area contributed by atoms with Gasteiger partial charge in [0.2, 0.25) is 5.91 Å². The number of piperidine rings is 2. The van der Waals surface area contributed by atoms with Gasteiger partial charge in [0, 0.05) is 18.7 Å². The number of likely N-dealkylation sites (tertiary alicyclic amines) is 2. The van der Waals surface area contributed by atoms with Gasteiger partial charge in [-0.2, -0.15) is 0 Å². The van der Waals surface area contributed by atoms with Gasteiger partial charge in [0.05, 0.1) is 11.5 Å². The number of aromatic nitrogens is 1. The van der Waals surface area contributed by atoms with Crippen LogP contribution in [0.4, 0.5) is 0 Å². The van der Waals surface area contributed by atoms with E-state index in [1.54, 1.807) is 11.3 Å². The molecular weight excluding hydrogens is 412 g/mol. The molecule has 2 aromatic heterocycles. The van der Waals surface area contributed by atoms with Crippen molar-refractivity contribution in [2.75, 3.05) is 45.9 Å². The zero-order chi connectivity index (χ0) is 21.3. The van der Waals surface area contributed by atoms with E-state index in [1.165, 1.54) is 58.3 Å². The van der Waals surface area contributed by atoms with E-state index in [0.29, 0.717) is 12.2 Å². The van der Waals surface area contributed by atoms with Gasteiger partial charge in [0.1, 0.15) is 12.3 Å². The molecule has 1 amide bonds. The van der Waals surface area contributed by atoms with Gasteiger partial charge in [-0.3, -0.25) is 4.79 Å². The van der Waals surface area contributed by atoms with Crippen LogP contribution in [0.3, 0.4) is 0 Å². The highest BCUT2D eigenvalue weighted by molar-refractivity contribution is 7.13. The number of nitrogens with zero attached hydrogens (tertiary/aromatic N) is 3. The summed E-state index contributed by atoms with van der Waals surface area (Å²) >= 11 is 1.60. The van der Waals surface area contributed by atoms with Gasteiger partial charge < -0.3 is 24.4 Å². The third-order valence-corrected chi connectivity index (χ3v) is 7.13. The van der Waals surface area contributed by atoms with E-state index >= 15 is 0 Å². The van der Waals surface area contributed by atoms with Gasteiger partial charge >= 0.3 is 0 Å². The molecule has 2 saturated heterocycles. The van der Waals surface area contributed by atoms with Gasteiger partial charge in [0.15, 0.2) is 5.76 Å². The SMILES string of the molecule is O=C(COCc1cc(-c2cccs2)on1)NCCCN1CCC(N2CCCCC2)CC1. The summed E-state index contributed by atoms with van der Waals surface area (Å²) in [6, 6.07) is 6.61. The van der Waals surface area contributed by atoms with E-state index in [0.717, 1.165) is 29.6 Å². The van der Waals surface area contributed by atoms with Crippen LogP contribution in [0.1, 0.15) is 44.2 Å². The highest BCUT2D eigenvalue weighted by Gasteiger charge is 2.25. The predicted octanol–water partition coefficient (Wildman–Crippen LogP) is 3.38. The summed E-state index contributed by atoms with van der Waals surface area (Å²) in [5.74, 6) is 0.656. The Labute approximate surface area is 188 Å². The Balaban J connectivity index is 1.03. The average Bonchev–Trinajstić information content (AvgIpc) is 3.50. The van der Waals surface area contributed by atoms with Gasteiger partial charge in [0.25, 0.3) is 0 Å². The number of thiophene rings is 1. The molecule has 31 heavy (non-hydrogen) atoms. The molecule has 2 aromatic rings. The first-order chi connectivity index (χ1) is 15.3. The Hall–Kier alpha value is -1.74. The monoisotopic (exact) mass is 446 g/mol. The van der Waals surface area contributed by atoms with Crippen LogP contribution in [0.2, 0.25) is 0 Å². The van der Waals surface area contributed by atoms with Crippen molar-refractivity contribution in [2.24, 2.45) is 0 Å². The first-order valence-electron chi connectivity index (χ1n) is 11.6. The second-order valence-electron chi connectivity index (χ2n) is 8.53. The van der Waals surface area contributed by atoms with Crippen LogP contribution in [0.15, 0.2) is 28.1 Å². The maximum absolute atomic E-state index is 12.0. The summed E-state index contributed by atoms with van der Waals surface area (Å²) in [4.78, 5) is 18.3. The Morgan fingerprint density at radius 2 is 2.06 bits per heavy atom. The number of ether oxygens (including phenoxy) is 1. The van der Waals surface area contributed by atoms with Crippen LogP contribution in [-0.2, 0) is 16.1 Å². The van der Waals surface area contributed by atoms with E-state index in [9.17, 15) is 4.79 Å². The third kappa shape index (κ3) is 6.87. The van der Waals surface area contributed by atoms with E-state index in [2.05, 4.69) is 20.3 Å². The summed E-state index contributed by atoms with van der Waals surface area (Å²) in [5, 5.41) is 8.95. The van der Waals surface area contributed by atoms with Crippen LogP contribution < -0.4 is 5.32 Å². The van der Waals surface area contributed by atoms with Crippen molar-refractivity contribution in [2.45, 2.75) is 51.2 Å². The fraction of sp³-hybridized carbons (Fsp3) is 0.652. The largest absolute Gasteiger partial charge is 0.365 e. The minimum absolute atomic E-state index is 0.0441. The molecule has 0 aromatic carbocycles. The molecule has 0 radical (unpaired) electrons. The zero-order valence-electron chi connectivity index (χ0n) is 18.3. The lowest BCUT2D eigenvalue weighted by atomic mass is 10.00. The molecule has 0 aliphatic carbocycles. The maximum Gasteiger partial charge on any atom is 0.246 e. The van der Waals surface area contributed by atoms with Crippen LogP contribution in [-0.4, -0.2) is 72.8 Å². The molecule has 2 aliphatic rings. The van der Waals surface area contributed by atoms with Crippen LogP contribution >= 0.6 is 11.3 Å². The molecule has 4 heterocycles. The first kappa shape index (κ1) is 22.5. The summed E-state index contributed by atoms with van der Waals surface area (Å²) in [6.45, 7) is 7.03. The fourth-order valence-corrected chi connectivity index (χ4v) is 5.21. The van der Waals surface area contributed by atoms with E-state index in [-0.39, 0.29) is 19.1 Å². The molecule has 0 saturated carbocycles. The highest BCUT2D eigenvalue weighted by Crippen LogP contribution is 2.25. The molecule has 1 N–H and O–H groups in total. The van der Waals surface area contributed by atoms with Gasteiger partial charge in [-0.25, -0.2) is 0 Å². The Morgan fingerprint density at radius 3 is 2.84 bits per heavy atom. The van der Waals surface area contributed by atoms with E-state index in [4.69, 9.17) is 9.26 Å². The highest BCUT2D eigenvalue weighted by atomic mass is 32.1. The molecule has 170 valence electrons. The third-order valence-electron chi connectivity index (χ3n) is 6.24. The van der Waals surface area contributed by atoms with Crippen LogP contribution in [0.5, 0.6) is 0 Å². The lowest BCUT2D eigenvalue weighted by molar-refractivity contribution is -0.126. The average molecular weight is 447 g/mol. The predicted molar refractivity (Wildman–Crippen MR) is 122 cm³/mol. The van der Waals surface area contributed by atoms with Gasteiger partial charge in [-0.15, -0.1) is 11.3 Å². The maximum atomic E-state index is 12.0. The van der Waals surface area contributed by atoms with Crippen molar-refractivity contribution < 1.29 is 14.1 Å². The molecule has 0 atom stereocenters. The quantitative estimate of drug-likeness (QED) is 0.564. The molecule has 8 heteroatoms. The fourth-order valence-electron chi connectivity index (χ4n) is 4.54. The summed E-state index contributed by atoms with van der Waals surface area (Å²) < 4.78 is 10.8. The second kappa shape index (κ2) is 11.8. The Bertz CT molecular complexity index is 781. The number of hydrogen-bond donors (Lipinski definition) is 1. The van der Waals surface area contributed by atoms with Crippen molar-refractivity contribution in [3.05, 3.63) is 29.3 Å². The van der Waals surface area contributed by atoms with E-state index in [1.807, 2.05) is 23.6 Å². The molecule has 7 nitrogen and oxygen atoms in total. The molecule has 0 spiro atoms. The van der Waals surface area contributed by atoms with Crippen LogP contribution in [0, 0.1) is 0 Å². The molecule has 2 aliphatic heterocycles. The molecule has 2 fully saturated rings. The summed E-state index contributed by atoms with van der Waals surface area (Å²) in [5.41, 5.74) is 0.698. The molecule has 4 rings (SSSR count). The smallest absolute Gasteiger partial charge is 0.246 e. The number of carbonyl (C=O) groups excluding carboxylic acids is 1. The number of carbonyl (C=O) groups is 1. The lowest BCUT2D eigenvalue weighted by Gasteiger charge is -2.40. The van der Waals surface area contributed by atoms with Crippen molar-refractivity contribution in [3.63, 3.8) is 0 Å². The van der Waals surface area contributed by atoms with Crippen molar-refractivity contribution in [1.29, 1.82) is 0 Å². The minimum atomic E-state index is -0.0780. The lowest BCUT2D eigenvalue weighted by Crippen LogP contribution is -2.47. The van der Waals surface area contributed by atoms with Crippen LogP contribution in [0.25, 0.3) is 10.6 Å². The number of hydrogen-bond acceptors (Lipinski definition) is 7. The van der Waals surface area contributed by atoms with Crippen molar-refractivity contribution >= 4 is 17.2 Å². The van der Waals surface area contributed by atoms with E-state index < -0.39 is 0 Å². The number of amides is 1. The number of nitrogens with one attached hydrogen (secondary N) is 1. The molecule has 0 bridgehead atoms. The Morgan fingerprint density at radius 1 is 1.23 bits per heavy atom. The summed E-state index contributed by atoms with van der Waals surface area (Å²) in [6.07, 6.45) is 7.71. The topological polar surface area (TPSA) is 70.8 Å². The minimum Gasteiger partial charge on any atom is -0.365 e. The van der Waals surface area contributed by atoms with Crippen molar-refractivity contribution in [3.8, 4) is 10.6 Å². The standard InChI is InChI=1S/C23H34N4O3S/c28-23(18-29-17-19-16-21(30-25-19)22-6-4-15-31-22)24-9-5-10-26-13-7-20(8-14-26)27-11-2-1-3-12-27/h4,6,15-16,20H,1-3,5,7-14,17-18H2,(H,24,28). The van der Waals surface area contributed by atoms with Gasteiger partial charge in [-0.1, -0.05) is 17.6 Å². The first-order valence-corrected chi connectivity index (χ1v) is 12.5. The van der Waals surface area contributed by atoms with Gasteiger partial charge in [-0.05, 0) is 76.3 Å². The zero-order valence-corrected chi connectivity index (χ0v) is 19.1. The summed E-state index contributed by atoms with van der Waals surface area (Å²) in [7, 11) is 0. The Kier molecular flexibility index (Phi) is 8.52. The normalized spacial score (nSPS) is 19.0. The number of rotatable bonds is 10. The van der Waals surface area contributed by atoms with Crippen molar-refractivity contribution in [1.82, 2.24) is 20.3 Å². The second-order valence-corrected chi connectivity index (χ2v) is 9.47.